The van der Waals surface area contributed by atoms with Gasteiger partial charge in [0.1, 0.15) is 0 Å². The zero-order valence-corrected chi connectivity index (χ0v) is 12.6. The fraction of sp³-hybridized carbons (Fsp3) is 0.857. The van der Waals surface area contributed by atoms with Gasteiger partial charge in [-0.1, -0.05) is 27.7 Å². The molecule has 5 nitrogen and oxygen atoms in total. The highest BCUT2D eigenvalue weighted by Crippen LogP contribution is 2.26. The number of carboxylic acids is 1. The molecule has 0 atom stereocenters. The molecule has 0 bridgehead atoms. The summed E-state index contributed by atoms with van der Waals surface area (Å²) in [4.78, 5) is 22.5. The summed E-state index contributed by atoms with van der Waals surface area (Å²) in [6.07, 6.45) is 2.73. The summed E-state index contributed by atoms with van der Waals surface area (Å²) < 4.78 is 0. The molecular formula is C14H28N2O3. The second-order valence-electron chi connectivity index (χ2n) is 5.93. The van der Waals surface area contributed by atoms with E-state index in [-0.39, 0.29) is 17.7 Å². The van der Waals surface area contributed by atoms with E-state index in [9.17, 15) is 9.59 Å². The van der Waals surface area contributed by atoms with Crippen LogP contribution in [0, 0.1) is 5.41 Å². The first-order valence-electron chi connectivity index (χ1n) is 6.96. The van der Waals surface area contributed by atoms with Gasteiger partial charge >= 0.3 is 5.97 Å². The van der Waals surface area contributed by atoms with Crippen molar-refractivity contribution in [2.24, 2.45) is 11.1 Å². The molecule has 0 aromatic carbocycles. The van der Waals surface area contributed by atoms with E-state index in [1.807, 2.05) is 27.7 Å². The number of carbonyl (C=O) groups is 2. The molecule has 0 spiro atoms. The molecule has 112 valence electrons. The predicted molar refractivity (Wildman–Crippen MR) is 75.8 cm³/mol. The van der Waals surface area contributed by atoms with E-state index in [0.29, 0.717) is 25.8 Å². The van der Waals surface area contributed by atoms with Crippen molar-refractivity contribution < 1.29 is 14.7 Å². The van der Waals surface area contributed by atoms with Crippen LogP contribution in [0.2, 0.25) is 0 Å². The maximum absolute atomic E-state index is 11.9. The number of amides is 1. The van der Waals surface area contributed by atoms with Gasteiger partial charge < -0.3 is 16.2 Å². The second kappa shape index (κ2) is 7.48. The Bertz CT molecular complexity index is 310. The summed E-state index contributed by atoms with van der Waals surface area (Å²) in [5.74, 6) is -0.901. The lowest BCUT2D eigenvalue weighted by Gasteiger charge is -2.28. The van der Waals surface area contributed by atoms with Crippen LogP contribution in [-0.2, 0) is 9.59 Å². The van der Waals surface area contributed by atoms with Crippen molar-refractivity contribution >= 4 is 11.9 Å². The van der Waals surface area contributed by atoms with Crippen LogP contribution in [0.5, 0.6) is 0 Å². The molecule has 0 aliphatic carbocycles. The van der Waals surface area contributed by atoms with E-state index in [2.05, 4.69) is 5.32 Å². The van der Waals surface area contributed by atoms with Crippen LogP contribution >= 0.6 is 0 Å². The summed E-state index contributed by atoms with van der Waals surface area (Å²) in [6, 6.07) is 0. The van der Waals surface area contributed by atoms with Crippen molar-refractivity contribution in [1.29, 1.82) is 0 Å². The predicted octanol–water partition coefficient (Wildman–Crippen LogP) is 1.90. The molecule has 0 saturated carbocycles. The van der Waals surface area contributed by atoms with Gasteiger partial charge in [0.2, 0.25) is 5.91 Å². The van der Waals surface area contributed by atoms with Gasteiger partial charge in [-0.25, -0.2) is 0 Å². The Balaban J connectivity index is 4.14. The molecule has 4 N–H and O–H groups in total. The smallest absolute Gasteiger partial charge is 0.303 e. The number of nitrogens with one attached hydrogen (secondary N) is 1. The first-order valence-corrected chi connectivity index (χ1v) is 6.96. The van der Waals surface area contributed by atoms with Crippen LogP contribution in [-0.4, -0.2) is 29.1 Å². The normalized spacial score (nSPS) is 12.3. The van der Waals surface area contributed by atoms with Crippen molar-refractivity contribution in [3.63, 3.8) is 0 Å². The number of rotatable bonds is 9. The second-order valence-corrected chi connectivity index (χ2v) is 5.93. The van der Waals surface area contributed by atoms with Crippen molar-refractivity contribution in [2.45, 2.75) is 65.3 Å². The number of carbonyl (C=O) groups excluding carboxylic acids is 1. The standard InChI is InChI=1S/C14H28N2O3/c1-5-14(15,6-2)12(19)16-10-9-13(3,4)8-7-11(17)18/h5-10,15H2,1-4H3,(H,16,19)(H,17,18). The number of hydrogen-bond donors (Lipinski definition) is 3. The Morgan fingerprint density at radius 1 is 1.16 bits per heavy atom. The van der Waals surface area contributed by atoms with Crippen LogP contribution in [0.4, 0.5) is 0 Å². The van der Waals surface area contributed by atoms with Crippen LogP contribution in [0.15, 0.2) is 0 Å². The molecule has 0 aromatic rings. The Labute approximate surface area is 115 Å². The lowest BCUT2D eigenvalue weighted by Crippen LogP contribution is -2.53. The summed E-state index contributed by atoms with van der Waals surface area (Å²) in [6.45, 7) is 8.36. The van der Waals surface area contributed by atoms with Crippen molar-refractivity contribution in [1.82, 2.24) is 5.32 Å². The molecule has 1 amide bonds. The van der Waals surface area contributed by atoms with E-state index in [1.165, 1.54) is 0 Å². The SMILES string of the molecule is CCC(N)(CC)C(=O)NCCC(C)(C)CCC(=O)O. The molecule has 5 heteroatoms. The third-order valence-corrected chi connectivity index (χ3v) is 3.82. The van der Waals surface area contributed by atoms with Crippen LogP contribution in [0.1, 0.15) is 59.8 Å². The molecule has 0 saturated heterocycles. The number of carboxylic acid groups (broad SMARTS) is 1. The summed E-state index contributed by atoms with van der Waals surface area (Å²) in [5, 5.41) is 11.5. The molecule has 0 rings (SSSR count). The monoisotopic (exact) mass is 272 g/mol. The third-order valence-electron chi connectivity index (χ3n) is 3.82. The lowest BCUT2D eigenvalue weighted by molar-refractivity contribution is -0.137. The summed E-state index contributed by atoms with van der Waals surface area (Å²) >= 11 is 0. The first-order chi connectivity index (χ1) is 8.67. The quantitative estimate of drug-likeness (QED) is 0.597. The highest BCUT2D eigenvalue weighted by molar-refractivity contribution is 5.85. The van der Waals surface area contributed by atoms with Gasteiger partial charge in [0, 0.05) is 13.0 Å². The van der Waals surface area contributed by atoms with E-state index in [4.69, 9.17) is 10.8 Å². The van der Waals surface area contributed by atoms with E-state index < -0.39 is 11.5 Å². The first kappa shape index (κ1) is 17.9. The molecular weight excluding hydrogens is 244 g/mol. The fourth-order valence-corrected chi connectivity index (χ4v) is 1.83. The number of nitrogens with two attached hydrogens (primary N) is 1. The average Bonchev–Trinajstić information content (AvgIpc) is 2.35. The summed E-state index contributed by atoms with van der Waals surface area (Å²) in [5.41, 5.74) is 5.12. The van der Waals surface area contributed by atoms with Gasteiger partial charge in [-0.3, -0.25) is 9.59 Å². The minimum absolute atomic E-state index is 0.0959. The molecule has 0 heterocycles. The molecule has 0 aliphatic heterocycles. The fourth-order valence-electron chi connectivity index (χ4n) is 1.83. The molecule has 0 unspecified atom stereocenters. The average molecular weight is 272 g/mol. The van der Waals surface area contributed by atoms with E-state index >= 15 is 0 Å². The molecule has 0 aromatic heterocycles. The Hall–Kier alpha value is -1.10. The zero-order chi connectivity index (χ0) is 15.1. The van der Waals surface area contributed by atoms with Crippen molar-refractivity contribution in [3.8, 4) is 0 Å². The van der Waals surface area contributed by atoms with E-state index in [1.54, 1.807) is 0 Å². The Kier molecular flexibility index (Phi) is 7.05. The Morgan fingerprint density at radius 2 is 1.68 bits per heavy atom. The van der Waals surface area contributed by atoms with Crippen LogP contribution in [0.25, 0.3) is 0 Å². The highest BCUT2D eigenvalue weighted by atomic mass is 16.4. The topological polar surface area (TPSA) is 92.4 Å². The zero-order valence-electron chi connectivity index (χ0n) is 12.6. The van der Waals surface area contributed by atoms with Gasteiger partial charge in [-0.2, -0.15) is 0 Å². The van der Waals surface area contributed by atoms with Gasteiger partial charge in [0.05, 0.1) is 5.54 Å². The number of hydrogen-bond acceptors (Lipinski definition) is 3. The van der Waals surface area contributed by atoms with E-state index in [0.717, 1.165) is 6.42 Å². The van der Waals surface area contributed by atoms with Crippen molar-refractivity contribution in [2.75, 3.05) is 6.54 Å². The molecule has 19 heavy (non-hydrogen) atoms. The minimum Gasteiger partial charge on any atom is -0.481 e. The largest absolute Gasteiger partial charge is 0.481 e. The molecule has 0 aliphatic rings. The van der Waals surface area contributed by atoms with Crippen LogP contribution < -0.4 is 11.1 Å². The molecule has 0 radical (unpaired) electrons. The Morgan fingerprint density at radius 3 is 2.11 bits per heavy atom. The van der Waals surface area contributed by atoms with Crippen LogP contribution in [0.3, 0.4) is 0 Å². The van der Waals surface area contributed by atoms with Gasteiger partial charge in [0.25, 0.3) is 0 Å². The maximum Gasteiger partial charge on any atom is 0.303 e. The van der Waals surface area contributed by atoms with Gasteiger partial charge in [-0.05, 0) is 31.1 Å². The van der Waals surface area contributed by atoms with Gasteiger partial charge in [-0.15, -0.1) is 0 Å². The maximum atomic E-state index is 11.9. The highest BCUT2D eigenvalue weighted by Gasteiger charge is 2.29. The minimum atomic E-state index is -0.787. The third kappa shape index (κ3) is 6.57. The summed E-state index contributed by atoms with van der Waals surface area (Å²) in [7, 11) is 0. The molecule has 0 fully saturated rings. The van der Waals surface area contributed by atoms with Crippen molar-refractivity contribution in [3.05, 3.63) is 0 Å². The lowest BCUT2D eigenvalue weighted by atomic mass is 9.84. The number of aliphatic carboxylic acids is 1. The van der Waals surface area contributed by atoms with Gasteiger partial charge in [0.15, 0.2) is 0 Å².